The molecule has 0 saturated heterocycles. The number of halogens is 1. The Hall–Kier alpha value is -3.33. The number of carbonyl (C=O) groups excluding carboxylic acids is 2. The van der Waals surface area contributed by atoms with Crippen molar-refractivity contribution in [2.45, 2.75) is 0 Å². The highest BCUT2D eigenvalue weighted by atomic mass is 79.9. The van der Waals surface area contributed by atoms with Gasteiger partial charge in [-0.3, -0.25) is 14.4 Å². The number of amides is 2. The van der Waals surface area contributed by atoms with Crippen LogP contribution in [0.25, 0.3) is 6.08 Å². The summed E-state index contributed by atoms with van der Waals surface area (Å²) >= 11 is 3.29. The van der Waals surface area contributed by atoms with Gasteiger partial charge in [-0.05, 0) is 51.8 Å². The van der Waals surface area contributed by atoms with Gasteiger partial charge in [0, 0.05) is 4.47 Å². The molecule has 2 aromatic rings. The van der Waals surface area contributed by atoms with E-state index in [-0.39, 0.29) is 12.5 Å². The van der Waals surface area contributed by atoms with Crippen molar-refractivity contribution < 1.29 is 29.0 Å². The first-order valence-corrected chi connectivity index (χ1v) is 8.90. The molecular weight excluding hydrogens is 432 g/mol. The first-order valence-electron chi connectivity index (χ1n) is 8.11. The molecule has 1 heterocycles. The second kappa shape index (κ2) is 8.57. The van der Waals surface area contributed by atoms with Gasteiger partial charge in [0.25, 0.3) is 11.8 Å². The Kier molecular flexibility index (Phi) is 5.95. The van der Waals surface area contributed by atoms with Crippen LogP contribution in [0.2, 0.25) is 0 Å². The van der Waals surface area contributed by atoms with Gasteiger partial charge >= 0.3 is 5.97 Å². The van der Waals surface area contributed by atoms with Gasteiger partial charge in [-0.15, -0.1) is 0 Å². The van der Waals surface area contributed by atoms with Crippen molar-refractivity contribution in [3.8, 4) is 11.5 Å². The second-order valence-electron chi connectivity index (χ2n) is 5.68. The summed E-state index contributed by atoms with van der Waals surface area (Å²) < 4.78 is 11.1. The first-order chi connectivity index (χ1) is 13.4. The van der Waals surface area contributed by atoms with Gasteiger partial charge in [-0.2, -0.15) is 0 Å². The number of carboxylic acid groups (broad SMARTS) is 1. The van der Waals surface area contributed by atoms with Gasteiger partial charge in [0.1, 0.15) is 12.2 Å². The van der Waals surface area contributed by atoms with Crippen LogP contribution in [-0.4, -0.2) is 36.2 Å². The topological polar surface area (TPSA) is 114 Å². The van der Waals surface area contributed by atoms with Crippen molar-refractivity contribution >= 4 is 39.8 Å². The third-order valence-corrected chi connectivity index (χ3v) is 4.41. The molecular formula is C19H15BrN2O6. The molecule has 2 aromatic carbocycles. The molecule has 2 amide bonds. The van der Waals surface area contributed by atoms with Crippen molar-refractivity contribution in [1.29, 1.82) is 0 Å². The molecule has 1 aliphatic heterocycles. The second-order valence-corrected chi connectivity index (χ2v) is 6.54. The lowest BCUT2D eigenvalue weighted by molar-refractivity contribution is -0.137. The fraction of sp³-hybridized carbons (Fsp3) is 0.105. The molecule has 3 N–H and O–H groups in total. The fourth-order valence-electron chi connectivity index (χ4n) is 2.41. The summed E-state index contributed by atoms with van der Waals surface area (Å²) in [5.41, 5.74) is 0.781. The standard InChI is InChI=1S/C19H15BrN2O6/c20-13-4-2-1-3-12(13)18(25)22-14(19(26)21-9-17(23)24)7-11-5-6-15-16(8-11)28-10-27-15/h1-8H,9-10H2,(H,21,26)(H,22,25)(H,23,24). The predicted octanol–water partition coefficient (Wildman–Crippen LogP) is 2.15. The molecule has 0 spiro atoms. The van der Waals surface area contributed by atoms with Crippen LogP contribution in [0.4, 0.5) is 0 Å². The molecule has 0 aliphatic carbocycles. The van der Waals surface area contributed by atoms with Crippen LogP contribution in [0.15, 0.2) is 52.6 Å². The Morgan fingerprint density at radius 2 is 1.86 bits per heavy atom. The number of hydrogen-bond acceptors (Lipinski definition) is 5. The molecule has 0 aromatic heterocycles. The summed E-state index contributed by atoms with van der Waals surface area (Å²) in [6, 6.07) is 11.7. The molecule has 9 heteroatoms. The Morgan fingerprint density at radius 3 is 2.61 bits per heavy atom. The van der Waals surface area contributed by atoms with E-state index in [9.17, 15) is 14.4 Å². The minimum atomic E-state index is -1.20. The van der Waals surface area contributed by atoms with E-state index >= 15 is 0 Å². The highest BCUT2D eigenvalue weighted by molar-refractivity contribution is 9.10. The fourth-order valence-corrected chi connectivity index (χ4v) is 2.88. The maximum Gasteiger partial charge on any atom is 0.322 e. The quantitative estimate of drug-likeness (QED) is 0.585. The minimum absolute atomic E-state index is 0.104. The van der Waals surface area contributed by atoms with Crippen LogP contribution in [0.3, 0.4) is 0 Å². The van der Waals surface area contributed by atoms with E-state index in [1.165, 1.54) is 6.08 Å². The maximum atomic E-state index is 12.6. The van der Waals surface area contributed by atoms with E-state index in [1.807, 2.05) is 0 Å². The van der Waals surface area contributed by atoms with Crippen LogP contribution < -0.4 is 20.1 Å². The Balaban J connectivity index is 1.88. The van der Waals surface area contributed by atoms with Crippen molar-refractivity contribution in [3.05, 3.63) is 63.8 Å². The lowest BCUT2D eigenvalue weighted by atomic mass is 10.1. The summed E-state index contributed by atoms with van der Waals surface area (Å²) in [5, 5.41) is 13.5. The molecule has 3 rings (SSSR count). The third kappa shape index (κ3) is 4.68. The van der Waals surface area contributed by atoms with E-state index in [1.54, 1.807) is 42.5 Å². The number of fused-ring (bicyclic) bond motifs is 1. The highest BCUT2D eigenvalue weighted by Gasteiger charge is 2.18. The smallest absolute Gasteiger partial charge is 0.322 e. The van der Waals surface area contributed by atoms with Crippen LogP contribution in [0.5, 0.6) is 11.5 Å². The van der Waals surface area contributed by atoms with Crippen molar-refractivity contribution in [2.75, 3.05) is 13.3 Å². The van der Waals surface area contributed by atoms with E-state index in [0.29, 0.717) is 27.1 Å². The van der Waals surface area contributed by atoms with Gasteiger partial charge in [0.15, 0.2) is 11.5 Å². The number of aliphatic carboxylic acids is 1. The van der Waals surface area contributed by atoms with Gasteiger partial charge in [0.2, 0.25) is 6.79 Å². The Labute approximate surface area is 168 Å². The SMILES string of the molecule is O=C(O)CNC(=O)C(=Cc1ccc2c(c1)OCO2)NC(=O)c1ccccc1Br. The zero-order valence-electron chi connectivity index (χ0n) is 14.4. The average molecular weight is 447 g/mol. The molecule has 28 heavy (non-hydrogen) atoms. The average Bonchev–Trinajstić information content (AvgIpc) is 3.13. The molecule has 0 fully saturated rings. The lowest BCUT2D eigenvalue weighted by Crippen LogP contribution is -2.37. The number of rotatable bonds is 6. The van der Waals surface area contributed by atoms with Gasteiger partial charge in [-0.1, -0.05) is 18.2 Å². The molecule has 0 unspecified atom stereocenters. The van der Waals surface area contributed by atoms with E-state index in [2.05, 4.69) is 26.6 Å². The molecule has 1 aliphatic rings. The number of hydrogen-bond donors (Lipinski definition) is 3. The van der Waals surface area contributed by atoms with E-state index < -0.39 is 24.3 Å². The normalized spacial score (nSPS) is 12.4. The monoisotopic (exact) mass is 446 g/mol. The van der Waals surface area contributed by atoms with Gasteiger partial charge in [0.05, 0.1) is 5.56 Å². The summed E-state index contributed by atoms with van der Waals surface area (Å²) in [6.07, 6.45) is 1.42. The zero-order valence-corrected chi connectivity index (χ0v) is 16.0. The number of carboxylic acids is 1. The highest BCUT2D eigenvalue weighted by Crippen LogP contribution is 2.33. The molecule has 0 bridgehead atoms. The first kappa shape index (κ1) is 19.4. The van der Waals surface area contributed by atoms with Crippen molar-refractivity contribution in [1.82, 2.24) is 10.6 Å². The molecule has 0 radical (unpaired) electrons. The predicted molar refractivity (Wildman–Crippen MR) is 103 cm³/mol. The number of carbonyl (C=O) groups is 3. The molecule has 0 saturated carbocycles. The lowest BCUT2D eigenvalue weighted by Gasteiger charge is -2.11. The zero-order chi connectivity index (χ0) is 20.1. The van der Waals surface area contributed by atoms with Gasteiger partial charge in [-0.25, -0.2) is 0 Å². The number of nitrogens with one attached hydrogen (secondary N) is 2. The number of ether oxygens (including phenoxy) is 2. The molecule has 0 atom stereocenters. The summed E-state index contributed by atoms with van der Waals surface area (Å²) in [6.45, 7) is -0.477. The minimum Gasteiger partial charge on any atom is -0.480 e. The van der Waals surface area contributed by atoms with E-state index in [0.717, 1.165) is 0 Å². The summed E-state index contributed by atoms with van der Waals surface area (Å²) in [4.78, 5) is 35.7. The maximum absolute atomic E-state index is 12.6. The van der Waals surface area contributed by atoms with Crippen molar-refractivity contribution in [3.63, 3.8) is 0 Å². The Morgan fingerprint density at radius 1 is 1.11 bits per heavy atom. The molecule has 144 valence electrons. The third-order valence-electron chi connectivity index (χ3n) is 3.72. The van der Waals surface area contributed by atoms with Crippen LogP contribution in [-0.2, 0) is 9.59 Å². The Bertz CT molecular complexity index is 973. The molecule has 8 nitrogen and oxygen atoms in total. The van der Waals surface area contributed by atoms with Gasteiger partial charge < -0.3 is 25.2 Å². The summed E-state index contributed by atoms with van der Waals surface area (Å²) in [5.74, 6) is -1.37. The summed E-state index contributed by atoms with van der Waals surface area (Å²) in [7, 11) is 0. The van der Waals surface area contributed by atoms with Crippen LogP contribution >= 0.6 is 15.9 Å². The van der Waals surface area contributed by atoms with Crippen molar-refractivity contribution in [2.24, 2.45) is 0 Å². The number of benzene rings is 2. The van der Waals surface area contributed by atoms with E-state index in [4.69, 9.17) is 14.6 Å². The van der Waals surface area contributed by atoms with Crippen LogP contribution in [0.1, 0.15) is 15.9 Å². The van der Waals surface area contributed by atoms with Crippen LogP contribution in [0, 0.1) is 0 Å². The largest absolute Gasteiger partial charge is 0.480 e.